The predicted octanol–water partition coefficient (Wildman–Crippen LogP) is 5.39. The van der Waals surface area contributed by atoms with Crippen LogP contribution in [0.4, 0.5) is 5.69 Å². The number of nitro benzene ring substituents is 1. The summed E-state index contributed by atoms with van der Waals surface area (Å²) in [7, 11) is 0. The molecule has 0 spiro atoms. The van der Waals surface area contributed by atoms with Crippen LogP contribution >= 0.6 is 35.0 Å². The van der Waals surface area contributed by atoms with Gasteiger partial charge in [0.2, 0.25) is 0 Å². The van der Waals surface area contributed by atoms with Crippen molar-refractivity contribution in [3.8, 4) is 17.1 Å². The smallest absolute Gasteiger partial charge is 0.270 e. The number of non-ortho nitro benzene ring substituents is 1. The Hall–Kier alpha value is -3.73. The van der Waals surface area contributed by atoms with E-state index in [-0.39, 0.29) is 16.5 Å². The Balaban J connectivity index is 1.48. The van der Waals surface area contributed by atoms with E-state index in [1.165, 1.54) is 36.2 Å². The molecule has 176 valence electrons. The minimum Gasteiger partial charge on any atom is -0.272 e. The summed E-state index contributed by atoms with van der Waals surface area (Å²) < 4.78 is 1.85. The molecule has 0 saturated carbocycles. The van der Waals surface area contributed by atoms with Crippen LogP contribution in [0.1, 0.15) is 5.56 Å². The fourth-order valence-corrected chi connectivity index (χ4v) is 4.08. The van der Waals surface area contributed by atoms with Crippen LogP contribution in [0.15, 0.2) is 83.1 Å². The first kappa shape index (κ1) is 24.4. The lowest BCUT2D eigenvalue weighted by Crippen LogP contribution is -2.20. The number of rotatable bonds is 8. The van der Waals surface area contributed by atoms with Gasteiger partial charge in [0.1, 0.15) is 0 Å². The summed E-state index contributed by atoms with van der Waals surface area (Å²) in [5.74, 6) is 0.212. The molecule has 4 rings (SSSR count). The molecule has 4 aromatic rings. The van der Waals surface area contributed by atoms with Crippen molar-refractivity contribution in [3.63, 3.8) is 0 Å². The van der Waals surface area contributed by atoms with Gasteiger partial charge in [-0.25, -0.2) is 5.43 Å². The Morgan fingerprint density at radius 3 is 2.54 bits per heavy atom. The first-order valence-electron chi connectivity index (χ1n) is 10.1. The summed E-state index contributed by atoms with van der Waals surface area (Å²) in [6, 6.07) is 20.7. The molecule has 0 bridgehead atoms. The van der Waals surface area contributed by atoms with Gasteiger partial charge in [0.25, 0.3) is 11.6 Å². The predicted molar refractivity (Wildman–Crippen MR) is 136 cm³/mol. The molecule has 35 heavy (non-hydrogen) atoms. The normalized spacial score (nSPS) is 11.0. The third kappa shape index (κ3) is 6.04. The van der Waals surface area contributed by atoms with E-state index in [1.807, 2.05) is 47.0 Å². The minimum atomic E-state index is -0.538. The number of nitrogens with zero attached hydrogens (tertiary/aromatic N) is 5. The van der Waals surface area contributed by atoms with Crippen molar-refractivity contribution in [2.45, 2.75) is 5.16 Å². The van der Waals surface area contributed by atoms with Gasteiger partial charge in [-0.05, 0) is 42.5 Å². The average Bonchev–Trinajstić information content (AvgIpc) is 3.28. The van der Waals surface area contributed by atoms with Crippen LogP contribution < -0.4 is 5.43 Å². The lowest BCUT2D eigenvalue weighted by molar-refractivity contribution is -0.384. The summed E-state index contributed by atoms with van der Waals surface area (Å²) in [6.45, 7) is 0. The molecular formula is C23H16Cl2N6O3S. The van der Waals surface area contributed by atoms with E-state index in [2.05, 4.69) is 20.7 Å². The van der Waals surface area contributed by atoms with Gasteiger partial charge in [-0.2, -0.15) is 5.10 Å². The van der Waals surface area contributed by atoms with Gasteiger partial charge in [-0.3, -0.25) is 19.5 Å². The number of nitro groups is 1. The zero-order valence-electron chi connectivity index (χ0n) is 17.8. The van der Waals surface area contributed by atoms with Crippen molar-refractivity contribution < 1.29 is 9.72 Å². The highest BCUT2D eigenvalue weighted by molar-refractivity contribution is 7.99. The third-order valence-electron chi connectivity index (χ3n) is 4.67. The molecule has 0 aliphatic carbocycles. The van der Waals surface area contributed by atoms with Crippen LogP contribution in [0, 0.1) is 10.1 Å². The van der Waals surface area contributed by atoms with Gasteiger partial charge in [0.15, 0.2) is 11.0 Å². The van der Waals surface area contributed by atoms with Crippen molar-refractivity contribution in [2.75, 3.05) is 5.75 Å². The summed E-state index contributed by atoms with van der Waals surface area (Å²) in [5.41, 5.74) is 4.23. The molecule has 1 heterocycles. The number of carbonyl (C=O) groups is 1. The Morgan fingerprint density at radius 2 is 1.83 bits per heavy atom. The number of thioether (sulfide) groups is 1. The highest BCUT2D eigenvalue weighted by Gasteiger charge is 2.17. The molecule has 0 atom stereocenters. The van der Waals surface area contributed by atoms with Crippen molar-refractivity contribution in [1.29, 1.82) is 0 Å². The van der Waals surface area contributed by atoms with E-state index in [1.54, 1.807) is 12.1 Å². The lowest BCUT2D eigenvalue weighted by Gasteiger charge is -2.10. The molecule has 1 N–H and O–H groups in total. The van der Waals surface area contributed by atoms with Gasteiger partial charge in [0, 0.05) is 39.0 Å². The number of amides is 1. The minimum absolute atomic E-state index is 0.00555. The number of para-hydroxylation sites is 1. The van der Waals surface area contributed by atoms with Crippen molar-refractivity contribution >= 4 is 52.8 Å². The Bertz CT molecular complexity index is 1390. The van der Waals surface area contributed by atoms with Crippen molar-refractivity contribution in [2.24, 2.45) is 5.10 Å². The van der Waals surface area contributed by atoms with Gasteiger partial charge < -0.3 is 0 Å². The SMILES string of the molecule is O=C(CSc1nnc(-c2ccc(Cl)cc2)n1-c1ccccc1)NN=Cc1cc([N+](=O)[O-])ccc1Cl. The maximum atomic E-state index is 12.4. The monoisotopic (exact) mass is 526 g/mol. The fourth-order valence-electron chi connectivity index (χ4n) is 3.04. The van der Waals surface area contributed by atoms with Crippen LogP contribution in [0.3, 0.4) is 0 Å². The Kier molecular flexibility index (Phi) is 7.76. The summed E-state index contributed by atoms with van der Waals surface area (Å²) in [5, 5.41) is 24.8. The molecule has 9 nitrogen and oxygen atoms in total. The van der Waals surface area contributed by atoms with Crippen LogP contribution in [0.2, 0.25) is 10.0 Å². The molecule has 0 saturated heterocycles. The number of benzene rings is 3. The van der Waals surface area contributed by atoms with Gasteiger partial charge in [0.05, 0.1) is 16.9 Å². The number of hydrogen-bond acceptors (Lipinski definition) is 7. The summed E-state index contributed by atoms with van der Waals surface area (Å²) >= 11 is 13.2. The molecule has 12 heteroatoms. The summed E-state index contributed by atoms with van der Waals surface area (Å²) in [4.78, 5) is 22.8. The second kappa shape index (κ2) is 11.1. The lowest BCUT2D eigenvalue weighted by atomic mass is 10.2. The first-order chi connectivity index (χ1) is 16.9. The van der Waals surface area contributed by atoms with Crippen molar-refractivity contribution in [3.05, 3.63) is 98.5 Å². The van der Waals surface area contributed by atoms with E-state index in [9.17, 15) is 14.9 Å². The maximum absolute atomic E-state index is 12.4. The van der Waals surface area contributed by atoms with Gasteiger partial charge in [-0.1, -0.05) is 53.2 Å². The highest BCUT2D eigenvalue weighted by atomic mass is 35.5. The number of aromatic nitrogens is 3. The number of hydrazone groups is 1. The molecule has 3 aromatic carbocycles. The number of halogens is 2. The molecule has 0 unspecified atom stereocenters. The van der Waals surface area contributed by atoms with E-state index in [4.69, 9.17) is 23.2 Å². The quantitative estimate of drug-likeness (QED) is 0.142. The largest absolute Gasteiger partial charge is 0.272 e. The molecular weight excluding hydrogens is 511 g/mol. The second-order valence-electron chi connectivity index (χ2n) is 7.03. The zero-order chi connectivity index (χ0) is 24.8. The van der Waals surface area contributed by atoms with E-state index in [0.29, 0.717) is 21.6 Å². The Morgan fingerprint density at radius 1 is 1.09 bits per heavy atom. The number of carbonyl (C=O) groups excluding carboxylic acids is 1. The van der Waals surface area contributed by atoms with E-state index >= 15 is 0 Å². The van der Waals surface area contributed by atoms with E-state index in [0.717, 1.165) is 11.3 Å². The van der Waals surface area contributed by atoms with Gasteiger partial charge in [-0.15, -0.1) is 10.2 Å². The summed E-state index contributed by atoms with van der Waals surface area (Å²) in [6.07, 6.45) is 1.25. The molecule has 0 aliphatic rings. The van der Waals surface area contributed by atoms with Crippen LogP contribution in [0.5, 0.6) is 0 Å². The molecule has 0 aliphatic heterocycles. The zero-order valence-corrected chi connectivity index (χ0v) is 20.2. The number of nitrogens with one attached hydrogen (secondary N) is 1. The molecule has 0 fully saturated rings. The first-order valence-corrected chi connectivity index (χ1v) is 11.8. The Labute approximate surface area is 213 Å². The maximum Gasteiger partial charge on any atom is 0.270 e. The van der Waals surface area contributed by atoms with Crippen LogP contribution in [-0.2, 0) is 4.79 Å². The second-order valence-corrected chi connectivity index (χ2v) is 8.81. The molecule has 1 aromatic heterocycles. The number of hydrogen-bond donors (Lipinski definition) is 1. The van der Waals surface area contributed by atoms with Crippen molar-refractivity contribution in [1.82, 2.24) is 20.2 Å². The van der Waals surface area contributed by atoms with E-state index < -0.39 is 10.8 Å². The molecule has 0 radical (unpaired) electrons. The molecule has 1 amide bonds. The highest BCUT2D eigenvalue weighted by Crippen LogP contribution is 2.28. The van der Waals surface area contributed by atoms with Gasteiger partial charge >= 0.3 is 0 Å². The standard InChI is InChI=1S/C23H16Cl2N6O3S/c24-17-8-6-15(7-9-17)22-28-29-23(30(22)18-4-2-1-3-5-18)35-14-21(32)27-26-13-16-12-19(31(33)34)10-11-20(16)25/h1-13H,14H2,(H,27,32). The average molecular weight is 527 g/mol. The topological polar surface area (TPSA) is 115 Å². The van der Waals surface area contributed by atoms with Crippen LogP contribution in [-0.4, -0.2) is 37.6 Å². The van der Waals surface area contributed by atoms with Crippen LogP contribution in [0.25, 0.3) is 17.1 Å². The fraction of sp³-hybridized carbons (Fsp3) is 0.0435. The third-order valence-corrected chi connectivity index (χ3v) is 6.19.